The highest BCUT2D eigenvalue weighted by Crippen LogP contribution is 2.34. The molecule has 6 rings (SSSR count). The van der Waals surface area contributed by atoms with Crippen LogP contribution in [-0.4, -0.2) is 34.7 Å². The third kappa shape index (κ3) is 4.32. The zero-order chi connectivity index (χ0) is 24.6. The van der Waals surface area contributed by atoms with E-state index in [1.54, 1.807) is 12.1 Å². The Labute approximate surface area is 209 Å². The lowest BCUT2D eigenvalue weighted by Crippen LogP contribution is -2.52. The van der Waals surface area contributed by atoms with E-state index in [-0.39, 0.29) is 31.4 Å². The van der Waals surface area contributed by atoms with Crippen molar-refractivity contribution in [2.24, 2.45) is 0 Å². The summed E-state index contributed by atoms with van der Waals surface area (Å²) >= 11 is 0. The molecule has 8 heteroatoms. The lowest BCUT2D eigenvalue weighted by molar-refractivity contribution is -0.136. The lowest BCUT2D eigenvalue weighted by Gasteiger charge is -2.29. The molecule has 1 saturated carbocycles. The fraction of sp³-hybridized carbons (Fsp3) is 0.393. The highest BCUT2D eigenvalue weighted by Gasteiger charge is 2.40. The van der Waals surface area contributed by atoms with E-state index >= 15 is 0 Å². The smallest absolute Gasteiger partial charge is 0.255 e. The average Bonchev–Trinajstić information content (AvgIpc) is 3.44. The second kappa shape index (κ2) is 9.33. The summed E-state index contributed by atoms with van der Waals surface area (Å²) in [7, 11) is 0. The Morgan fingerprint density at radius 3 is 2.72 bits per heavy atom. The maximum Gasteiger partial charge on any atom is 0.255 e. The molecule has 0 spiro atoms. The maximum atomic E-state index is 13.0. The van der Waals surface area contributed by atoms with Gasteiger partial charge in [-0.05, 0) is 55.7 Å². The summed E-state index contributed by atoms with van der Waals surface area (Å²) in [6.45, 7) is 0.496. The van der Waals surface area contributed by atoms with E-state index in [2.05, 4.69) is 22.8 Å². The first kappa shape index (κ1) is 22.6. The van der Waals surface area contributed by atoms with Gasteiger partial charge in [0.25, 0.3) is 5.91 Å². The zero-order valence-corrected chi connectivity index (χ0v) is 20.0. The fourth-order valence-corrected chi connectivity index (χ4v) is 5.58. The van der Waals surface area contributed by atoms with Crippen LogP contribution in [0.3, 0.4) is 0 Å². The number of hydrogen-bond acceptors (Lipinski definition) is 6. The SMILES string of the molecule is O=C1CCC(N2Cc3c(OCc4cc5cc(NC6CCCCC6)ccc5o4)cccc3C2=O)C(=O)N1. The van der Waals surface area contributed by atoms with Gasteiger partial charge in [-0.2, -0.15) is 0 Å². The van der Waals surface area contributed by atoms with E-state index in [1.807, 2.05) is 18.2 Å². The zero-order valence-electron chi connectivity index (χ0n) is 20.0. The summed E-state index contributed by atoms with van der Waals surface area (Å²) in [4.78, 5) is 38.4. The summed E-state index contributed by atoms with van der Waals surface area (Å²) < 4.78 is 12.1. The Kier molecular flexibility index (Phi) is 5.87. The molecule has 2 fully saturated rings. The molecule has 3 aliphatic rings. The topological polar surface area (TPSA) is 101 Å². The predicted molar refractivity (Wildman–Crippen MR) is 134 cm³/mol. The number of hydrogen-bond donors (Lipinski definition) is 2. The number of nitrogens with one attached hydrogen (secondary N) is 2. The molecule has 2 aliphatic heterocycles. The van der Waals surface area contributed by atoms with Crippen molar-refractivity contribution in [2.75, 3.05) is 5.32 Å². The van der Waals surface area contributed by atoms with Gasteiger partial charge in [-0.15, -0.1) is 0 Å². The number of fused-ring (bicyclic) bond motifs is 2. The van der Waals surface area contributed by atoms with E-state index in [0.717, 1.165) is 22.2 Å². The quantitative estimate of drug-likeness (QED) is 0.496. The van der Waals surface area contributed by atoms with Crippen LogP contribution in [0.5, 0.6) is 5.75 Å². The van der Waals surface area contributed by atoms with E-state index in [9.17, 15) is 14.4 Å². The van der Waals surface area contributed by atoms with Gasteiger partial charge in [-0.3, -0.25) is 19.7 Å². The highest BCUT2D eigenvalue weighted by atomic mass is 16.5. The molecule has 36 heavy (non-hydrogen) atoms. The first-order valence-electron chi connectivity index (χ1n) is 12.7. The summed E-state index contributed by atoms with van der Waals surface area (Å²) in [5, 5.41) is 7.01. The number of furan rings is 1. The van der Waals surface area contributed by atoms with Crippen molar-refractivity contribution in [1.29, 1.82) is 0 Å². The molecule has 1 aliphatic carbocycles. The van der Waals surface area contributed by atoms with Crippen LogP contribution >= 0.6 is 0 Å². The van der Waals surface area contributed by atoms with Crippen LogP contribution in [-0.2, 0) is 22.7 Å². The van der Waals surface area contributed by atoms with Crippen LogP contribution in [0.25, 0.3) is 11.0 Å². The van der Waals surface area contributed by atoms with E-state index in [4.69, 9.17) is 9.15 Å². The Bertz CT molecular complexity index is 1340. The minimum Gasteiger partial charge on any atom is -0.485 e. The van der Waals surface area contributed by atoms with Crippen LogP contribution in [0.2, 0.25) is 0 Å². The van der Waals surface area contributed by atoms with Gasteiger partial charge in [0.2, 0.25) is 11.8 Å². The van der Waals surface area contributed by atoms with Gasteiger partial charge in [0.05, 0.1) is 6.54 Å². The summed E-state index contributed by atoms with van der Waals surface area (Å²) in [6.07, 6.45) is 6.89. The third-order valence-electron chi connectivity index (χ3n) is 7.45. The number of benzene rings is 2. The first-order chi connectivity index (χ1) is 17.5. The molecule has 3 aromatic rings. The number of piperidine rings is 1. The molecule has 1 aromatic heterocycles. The van der Waals surface area contributed by atoms with Crippen molar-refractivity contribution >= 4 is 34.4 Å². The number of imide groups is 1. The van der Waals surface area contributed by atoms with Gasteiger partial charge < -0.3 is 19.4 Å². The summed E-state index contributed by atoms with van der Waals surface area (Å²) in [5.74, 6) is 0.354. The van der Waals surface area contributed by atoms with Gasteiger partial charge in [0.15, 0.2) is 0 Å². The van der Waals surface area contributed by atoms with E-state index in [1.165, 1.54) is 37.0 Å². The van der Waals surface area contributed by atoms with E-state index in [0.29, 0.717) is 29.5 Å². The number of nitrogens with zero attached hydrogens (tertiary/aromatic N) is 1. The van der Waals surface area contributed by atoms with Crippen molar-refractivity contribution in [3.8, 4) is 5.75 Å². The molecule has 3 amide bonds. The van der Waals surface area contributed by atoms with Crippen LogP contribution in [0.15, 0.2) is 46.9 Å². The lowest BCUT2D eigenvalue weighted by atomic mass is 9.95. The largest absolute Gasteiger partial charge is 0.485 e. The monoisotopic (exact) mass is 487 g/mol. The van der Waals surface area contributed by atoms with Gasteiger partial charge in [0.1, 0.15) is 29.7 Å². The van der Waals surface area contributed by atoms with Gasteiger partial charge in [-0.25, -0.2) is 0 Å². The van der Waals surface area contributed by atoms with E-state index < -0.39 is 11.9 Å². The predicted octanol–water partition coefficient (Wildman–Crippen LogP) is 4.52. The first-order valence-corrected chi connectivity index (χ1v) is 12.7. The minimum absolute atomic E-state index is 0.216. The average molecular weight is 488 g/mol. The molecule has 2 aromatic carbocycles. The summed E-state index contributed by atoms with van der Waals surface area (Å²) in [6, 6.07) is 13.4. The molecular weight excluding hydrogens is 458 g/mol. The van der Waals surface area contributed by atoms with Gasteiger partial charge in [0, 0.05) is 34.7 Å². The molecule has 2 N–H and O–H groups in total. The molecule has 186 valence electrons. The van der Waals surface area contributed by atoms with Crippen molar-refractivity contribution in [2.45, 2.75) is 70.2 Å². The summed E-state index contributed by atoms with van der Waals surface area (Å²) in [5.41, 5.74) is 3.19. The Hall–Kier alpha value is -3.81. The van der Waals surface area contributed by atoms with Crippen molar-refractivity contribution in [3.05, 3.63) is 59.4 Å². The number of amides is 3. The third-order valence-corrected chi connectivity index (χ3v) is 7.45. The molecule has 1 saturated heterocycles. The standard InChI is InChI=1S/C28H29N3O5/c32-26-12-10-23(27(33)30-26)31-15-22-21(28(31)34)7-4-8-25(22)35-16-20-14-17-13-19(9-11-24(17)36-20)29-18-5-2-1-3-6-18/h4,7-9,11,13-14,18,23,29H,1-3,5-6,10,12,15-16H2,(H,30,32,33). The maximum absolute atomic E-state index is 13.0. The Morgan fingerprint density at radius 1 is 1.03 bits per heavy atom. The van der Waals surface area contributed by atoms with Crippen LogP contribution in [0.4, 0.5) is 5.69 Å². The molecule has 1 unspecified atom stereocenters. The minimum atomic E-state index is -0.651. The molecule has 0 radical (unpaired) electrons. The molecule has 1 atom stereocenters. The van der Waals surface area contributed by atoms with Crippen LogP contribution in [0, 0.1) is 0 Å². The van der Waals surface area contributed by atoms with Gasteiger partial charge in [-0.1, -0.05) is 25.3 Å². The van der Waals surface area contributed by atoms with Crippen molar-refractivity contribution in [1.82, 2.24) is 10.2 Å². The molecule has 0 bridgehead atoms. The van der Waals surface area contributed by atoms with Crippen LogP contribution < -0.4 is 15.4 Å². The normalized spacial score (nSPS) is 20.5. The number of carbonyl (C=O) groups excluding carboxylic acids is 3. The highest BCUT2D eigenvalue weighted by molar-refractivity contribution is 6.05. The Morgan fingerprint density at radius 2 is 1.89 bits per heavy atom. The fourth-order valence-electron chi connectivity index (χ4n) is 5.58. The Balaban J connectivity index is 1.15. The van der Waals surface area contributed by atoms with Gasteiger partial charge >= 0.3 is 0 Å². The second-order valence-electron chi connectivity index (χ2n) is 9.92. The van der Waals surface area contributed by atoms with Crippen molar-refractivity contribution in [3.63, 3.8) is 0 Å². The molecule has 3 heterocycles. The number of carbonyl (C=O) groups is 3. The number of anilines is 1. The molecule has 8 nitrogen and oxygen atoms in total. The molecular formula is C28H29N3O5. The second-order valence-corrected chi connectivity index (χ2v) is 9.92. The van der Waals surface area contributed by atoms with Crippen LogP contribution in [0.1, 0.15) is 66.6 Å². The number of ether oxygens (including phenoxy) is 1. The number of rotatable bonds is 6. The van der Waals surface area contributed by atoms with Crippen molar-refractivity contribution < 1.29 is 23.5 Å².